The predicted octanol–water partition coefficient (Wildman–Crippen LogP) is 3.87. The van der Waals surface area contributed by atoms with Gasteiger partial charge < -0.3 is 4.90 Å². The summed E-state index contributed by atoms with van der Waals surface area (Å²) in [7, 11) is 4.40. The lowest BCUT2D eigenvalue weighted by Crippen LogP contribution is -2.42. The van der Waals surface area contributed by atoms with E-state index in [4.69, 9.17) is 0 Å². The van der Waals surface area contributed by atoms with E-state index < -0.39 is 0 Å². The second-order valence-electron chi connectivity index (χ2n) is 6.38. The van der Waals surface area contributed by atoms with E-state index in [0.29, 0.717) is 6.04 Å². The third-order valence-electron chi connectivity index (χ3n) is 4.85. The van der Waals surface area contributed by atoms with Crippen molar-refractivity contribution in [1.29, 1.82) is 0 Å². The highest BCUT2D eigenvalue weighted by Gasteiger charge is 2.38. The van der Waals surface area contributed by atoms with Crippen molar-refractivity contribution in [3.8, 4) is 0 Å². The summed E-state index contributed by atoms with van der Waals surface area (Å²) in [4.78, 5) is 2.37. The number of rotatable bonds is 2. The van der Waals surface area contributed by atoms with Crippen LogP contribution in [-0.2, 0) is 11.8 Å². The van der Waals surface area contributed by atoms with E-state index in [0.717, 1.165) is 6.42 Å². The fraction of sp³-hybridized carbons (Fsp3) is 0.368. The highest BCUT2D eigenvalue weighted by Crippen LogP contribution is 2.43. The van der Waals surface area contributed by atoms with Crippen LogP contribution >= 0.6 is 0 Å². The molecule has 0 saturated carbocycles. The molecule has 104 valence electrons. The van der Waals surface area contributed by atoms with Crippen LogP contribution in [0.15, 0.2) is 54.6 Å². The Kier molecular flexibility index (Phi) is 3.39. The third kappa shape index (κ3) is 2.16. The standard InChI is InChI=1S/C19H23N/c1-19(16-10-5-4-6-11-16)14-17(20(2)3)13-15-9-7-8-12-18(15)19/h4-12,17H,13-14H2,1-3H3/t17-,19-/m0/s1. The molecule has 2 aromatic rings. The maximum atomic E-state index is 2.40. The Labute approximate surface area is 122 Å². The topological polar surface area (TPSA) is 3.24 Å². The molecule has 2 atom stereocenters. The Morgan fingerprint density at radius 2 is 1.60 bits per heavy atom. The van der Waals surface area contributed by atoms with Crippen LogP contribution in [0.25, 0.3) is 0 Å². The summed E-state index contributed by atoms with van der Waals surface area (Å²) in [6.07, 6.45) is 2.34. The highest BCUT2D eigenvalue weighted by atomic mass is 15.1. The number of hydrogen-bond acceptors (Lipinski definition) is 1. The van der Waals surface area contributed by atoms with E-state index in [9.17, 15) is 0 Å². The molecule has 0 aromatic heterocycles. The van der Waals surface area contributed by atoms with Gasteiger partial charge in [0.15, 0.2) is 0 Å². The predicted molar refractivity (Wildman–Crippen MR) is 85.1 cm³/mol. The summed E-state index contributed by atoms with van der Waals surface area (Å²) >= 11 is 0. The van der Waals surface area contributed by atoms with Crippen molar-refractivity contribution in [2.75, 3.05) is 14.1 Å². The lowest BCUT2D eigenvalue weighted by atomic mass is 9.65. The van der Waals surface area contributed by atoms with Gasteiger partial charge in [-0.25, -0.2) is 0 Å². The quantitative estimate of drug-likeness (QED) is 0.797. The van der Waals surface area contributed by atoms with E-state index in [-0.39, 0.29) is 5.41 Å². The lowest BCUT2D eigenvalue weighted by molar-refractivity contribution is 0.229. The van der Waals surface area contributed by atoms with Gasteiger partial charge >= 0.3 is 0 Å². The first-order valence-corrected chi connectivity index (χ1v) is 7.41. The van der Waals surface area contributed by atoms with Crippen molar-refractivity contribution in [2.24, 2.45) is 0 Å². The van der Waals surface area contributed by atoms with Gasteiger partial charge in [-0.05, 0) is 43.6 Å². The molecule has 0 unspecified atom stereocenters. The highest BCUT2D eigenvalue weighted by molar-refractivity contribution is 5.45. The monoisotopic (exact) mass is 265 g/mol. The Morgan fingerprint density at radius 3 is 2.30 bits per heavy atom. The van der Waals surface area contributed by atoms with Gasteiger partial charge in [0, 0.05) is 11.5 Å². The van der Waals surface area contributed by atoms with Gasteiger partial charge in [-0.3, -0.25) is 0 Å². The van der Waals surface area contributed by atoms with Crippen molar-refractivity contribution in [3.63, 3.8) is 0 Å². The van der Waals surface area contributed by atoms with E-state index in [1.54, 1.807) is 0 Å². The largest absolute Gasteiger partial charge is 0.306 e. The van der Waals surface area contributed by atoms with Crippen LogP contribution in [0.3, 0.4) is 0 Å². The van der Waals surface area contributed by atoms with Gasteiger partial charge in [0.05, 0.1) is 0 Å². The Hall–Kier alpha value is -1.60. The fourth-order valence-electron chi connectivity index (χ4n) is 3.59. The molecule has 20 heavy (non-hydrogen) atoms. The smallest absolute Gasteiger partial charge is 0.0192 e. The van der Waals surface area contributed by atoms with Crippen molar-refractivity contribution < 1.29 is 0 Å². The second-order valence-corrected chi connectivity index (χ2v) is 6.38. The molecule has 0 radical (unpaired) electrons. The molecule has 0 heterocycles. The van der Waals surface area contributed by atoms with E-state index in [2.05, 4.69) is 80.5 Å². The molecule has 2 aromatic carbocycles. The van der Waals surface area contributed by atoms with Gasteiger partial charge in [0.25, 0.3) is 0 Å². The lowest BCUT2D eigenvalue weighted by Gasteiger charge is -2.43. The molecule has 3 rings (SSSR count). The van der Waals surface area contributed by atoms with Crippen molar-refractivity contribution in [1.82, 2.24) is 4.90 Å². The third-order valence-corrected chi connectivity index (χ3v) is 4.85. The zero-order valence-corrected chi connectivity index (χ0v) is 12.6. The molecule has 1 aliphatic carbocycles. The fourth-order valence-corrected chi connectivity index (χ4v) is 3.59. The first kappa shape index (κ1) is 13.4. The number of likely N-dealkylation sites (N-methyl/N-ethyl adjacent to an activating group) is 1. The van der Waals surface area contributed by atoms with Gasteiger partial charge in [0.2, 0.25) is 0 Å². The SMILES string of the molecule is CN(C)[C@H]1Cc2ccccc2[C@](C)(c2ccccc2)C1. The van der Waals surface area contributed by atoms with Gasteiger partial charge in [-0.1, -0.05) is 61.5 Å². The van der Waals surface area contributed by atoms with Crippen LogP contribution in [0.5, 0.6) is 0 Å². The number of nitrogens with zero attached hydrogens (tertiary/aromatic N) is 1. The normalized spacial score (nSPS) is 25.5. The van der Waals surface area contributed by atoms with Crippen LogP contribution in [0, 0.1) is 0 Å². The summed E-state index contributed by atoms with van der Waals surface area (Å²) in [6, 6.07) is 20.5. The van der Waals surface area contributed by atoms with Crippen LogP contribution in [0.4, 0.5) is 0 Å². The molecular formula is C19H23N. The first-order valence-electron chi connectivity index (χ1n) is 7.41. The summed E-state index contributed by atoms with van der Waals surface area (Å²) in [5.74, 6) is 0. The maximum Gasteiger partial charge on any atom is 0.0192 e. The zero-order chi connectivity index (χ0) is 14.2. The molecule has 1 heteroatoms. The molecule has 1 aliphatic rings. The summed E-state index contributed by atoms with van der Waals surface area (Å²) in [5.41, 5.74) is 4.55. The van der Waals surface area contributed by atoms with Crippen LogP contribution in [0.1, 0.15) is 30.0 Å². The number of benzene rings is 2. The minimum absolute atomic E-state index is 0.116. The Bertz CT molecular complexity index is 588. The maximum absolute atomic E-state index is 2.40. The van der Waals surface area contributed by atoms with Gasteiger partial charge in [-0.2, -0.15) is 0 Å². The average Bonchev–Trinajstić information content (AvgIpc) is 2.48. The Balaban J connectivity index is 2.14. The molecule has 0 aliphatic heterocycles. The average molecular weight is 265 g/mol. The van der Waals surface area contributed by atoms with E-state index >= 15 is 0 Å². The molecule has 0 saturated heterocycles. The van der Waals surface area contributed by atoms with Crippen molar-refractivity contribution >= 4 is 0 Å². The molecular weight excluding hydrogens is 242 g/mol. The van der Waals surface area contributed by atoms with Crippen LogP contribution in [0.2, 0.25) is 0 Å². The number of hydrogen-bond donors (Lipinski definition) is 0. The minimum Gasteiger partial charge on any atom is -0.306 e. The molecule has 0 amide bonds. The molecule has 0 spiro atoms. The van der Waals surface area contributed by atoms with Crippen molar-refractivity contribution in [3.05, 3.63) is 71.3 Å². The molecule has 0 N–H and O–H groups in total. The number of fused-ring (bicyclic) bond motifs is 1. The molecule has 1 nitrogen and oxygen atoms in total. The van der Waals surface area contributed by atoms with E-state index in [1.165, 1.54) is 23.1 Å². The van der Waals surface area contributed by atoms with Crippen molar-refractivity contribution in [2.45, 2.75) is 31.2 Å². The first-order chi connectivity index (χ1) is 9.61. The summed E-state index contributed by atoms with van der Waals surface area (Å²) < 4.78 is 0. The second kappa shape index (κ2) is 5.06. The van der Waals surface area contributed by atoms with Gasteiger partial charge in [-0.15, -0.1) is 0 Å². The van der Waals surface area contributed by atoms with Crippen LogP contribution in [-0.4, -0.2) is 25.0 Å². The van der Waals surface area contributed by atoms with Crippen LogP contribution < -0.4 is 0 Å². The zero-order valence-electron chi connectivity index (χ0n) is 12.6. The summed E-state index contributed by atoms with van der Waals surface area (Å²) in [5, 5.41) is 0. The Morgan fingerprint density at radius 1 is 0.950 bits per heavy atom. The minimum atomic E-state index is 0.116. The summed E-state index contributed by atoms with van der Waals surface area (Å²) in [6.45, 7) is 2.40. The molecule has 0 bridgehead atoms. The van der Waals surface area contributed by atoms with Gasteiger partial charge in [0.1, 0.15) is 0 Å². The molecule has 0 fully saturated rings. The van der Waals surface area contributed by atoms with E-state index in [1.807, 2.05) is 0 Å².